The van der Waals surface area contributed by atoms with Crippen LogP contribution in [0.25, 0.3) is 0 Å². The molecule has 0 aliphatic carbocycles. The first-order valence-corrected chi connectivity index (χ1v) is 5.91. The lowest BCUT2D eigenvalue weighted by Gasteiger charge is -2.22. The van der Waals surface area contributed by atoms with Crippen molar-refractivity contribution < 1.29 is 0 Å². The van der Waals surface area contributed by atoms with E-state index >= 15 is 0 Å². The Morgan fingerprint density at radius 3 is 1.86 bits per heavy atom. The Kier molecular flexibility index (Phi) is 3.99. The van der Waals surface area contributed by atoms with Crippen LogP contribution in [0, 0.1) is 13.8 Å². The van der Waals surface area contributed by atoms with Crippen molar-refractivity contribution in [2.45, 2.75) is 27.7 Å². The van der Waals surface area contributed by atoms with Crippen LogP contribution in [0.2, 0.25) is 0 Å². The van der Waals surface area contributed by atoms with E-state index in [9.17, 15) is 0 Å². The summed E-state index contributed by atoms with van der Waals surface area (Å²) in [6.07, 6.45) is 0. The SMILES string of the molecule is CCN(CC)c1cc(C)c(Br)c(C)c1. The van der Waals surface area contributed by atoms with Crippen molar-refractivity contribution >= 4 is 21.6 Å². The first-order chi connectivity index (χ1) is 6.60. The minimum Gasteiger partial charge on any atom is -0.372 e. The quantitative estimate of drug-likeness (QED) is 0.792. The van der Waals surface area contributed by atoms with E-state index in [-0.39, 0.29) is 0 Å². The third-order valence-electron chi connectivity index (χ3n) is 2.55. The van der Waals surface area contributed by atoms with Crippen molar-refractivity contribution in [1.82, 2.24) is 0 Å². The highest BCUT2D eigenvalue weighted by Crippen LogP contribution is 2.26. The van der Waals surface area contributed by atoms with Gasteiger partial charge in [-0.1, -0.05) is 15.9 Å². The van der Waals surface area contributed by atoms with Gasteiger partial charge in [-0.2, -0.15) is 0 Å². The van der Waals surface area contributed by atoms with Crippen LogP contribution in [0.3, 0.4) is 0 Å². The average Bonchev–Trinajstić information content (AvgIpc) is 2.16. The molecule has 0 fully saturated rings. The first-order valence-electron chi connectivity index (χ1n) is 5.11. The highest BCUT2D eigenvalue weighted by molar-refractivity contribution is 9.10. The van der Waals surface area contributed by atoms with Crippen LogP contribution >= 0.6 is 15.9 Å². The zero-order valence-electron chi connectivity index (χ0n) is 9.39. The Morgan fingerprint density at radius 1 is 1.07 bits per heavy atom. The van der Waals surface area contributed by atoms with E-state index in [1.165, 1.54) is 21.3 Å². The minimum absolute atomic E-state index is 1.07. The Morgan fingerprint density at radius 2 is 1.50 bits per heavy atom. The van der Waals surface area contributed by atoms with Crippen molar-refractivity contribution in [3.05, 3.63) is 27.7 Å². The van der Waals surface area contributed by atoms with Crippen LogP contribution < -0.4 is 4.90 Å². The fraction of sp³-hybridized carbons (Fsp3) is 0.500. The number of hydrogen-bond acceptors (Lipinski definition) is 1. The summed E-state index contributed by atoms with van der Waals surface area (Å²) in [5.74, 6) is 0. The van der Waals surface area contributed by atoms with Crippen molar-refractivity contribution in [2.24, 2.45) is 0 Å². The van der Waals surface area contributed by atoms with Crippen molar-refractivity contribution in [3.63, 3.8) is 0 Å². The number of benzene rings is 1. The molecule has 0 bridgehead atoms. The van der Waals surface area contributed by atoms with Gasteiger partial charge in [-0.05, 0) is 51.0 Å². The highest BCUT2D eigenvalue weighted by atomic mass is 79.9. The van der Waals surface area contributed by atoms with E-state index in [4.69, 9.17) is 0 Å². The van der Waals surface area contributed by atoms with Gasteiger partial charge in [0.05, 0.1) is 0 Å². The summed E-state index contributed by atoms with van der Waals surface area (Å²) in [6.45, 7) is 10.8. The van der Waals surface area contributed by atoms with Gasteiger partial charge in [0.25, 0.3) is 0 Å². The topological polar surface area (TPSA) is 3.24 Å². The molecule has 0 radical (unpaired) electrons. The molecule has 0 spiro atoms. The Labute approximate surface area is 95.2 Å². The molecular formula is C12H18BrN. The zero-order valence-corrected chi connectivity index (χ0v) is 11.0. The molecule has 0 atom stereocenters. The lowest BCUT2D eigenvalue weighted by Crippen LogP contribution is -2.21. The number of rotatable bonds is 3. The summed E-state index contributed by atoms with van der Waals surface area (Å²) in [4.78, 5) is 2.37. The summed E-state index contributed by atoms with van der Waals surface area (Å²) < 4.78 is 1.23. The molecule has 1 rings (SSSR count). The maximum atomic E-state index is 3.59. The predicted molar refractivity (Wildman–Crippen MR) is 67.2 cm³/mol. The molecule has 2 heteroatoms. The number of nitrogens with zero attached hydrogens (tertiary/aromatic N) is 1. The van der Waals surface area contributed by atoms with Crippen LogP contribution in [0.1, 0.15) is 25.0 Å². The molecule has 1 aromatic rings. The third kappa shape index (κ3) is 2.30. The van der Waals surface area contributed by atoms with E-state index in [1.54, 1.807) is 0 Å². The van der Waals surface area contributed by atoms with Gasteiger partial charge in [-0.25, -0.2) is 0 Å². The number of halogens is 1. The fourth-order valence-electron chi connectivity index (χ4n) is 1.69. The zero-order chi connectivity index (χ0) is 10.7. The minimum atomic E-state index is 1.07. The van der Waals surface area contributed by atoms with E-state index < -0.39 is 0 Å². The Bertz CT molecular complexity index is 293. The number of anilines is 1. The van der Waals surface area contributed by atoms with Gasteiger partial charge < -0.3 is 4.90 Å². The second-order valence-corrected chi connectivity index (χ2v) is 4.36. The van der Waals surface area contributed by atoms with E-state index in [2.05, 4.69) is 60.7 Å². The lowest BCUT2D eigenvalue weighted by atomic mass is 10.1. The summed E-state index contributed by atoms with van der Waals surface area (Å²) in [6, 6.07) is 4.48. The number of hydrogen-bond donors (Lipinski definition) is 0. The van der Waals surface area contributed by atoms with E-state index in [1.807, 2.05) is 0 Å². The molecule has 0 aromatic heterocycles. The monoisotopic (exact) mass is 255 g/mol. The summed E-state index contributed by atoms with van der Waals surface area (Å²) in [5, 5.41) is 0. The molecule has 0 heterocycles. The molecule has 0 N–H and O–H groups in total. The molecule has 0 saturated heterocycles. The summed E-state index contributed by atoms with van der Waals surface area (Å²) in [7, 11) is 0. The van der Waals surface area contributed by atoms with Crippen molar-refractivity contribution in [3.8, 4) is 0 Å². The highest BCUT2D eigenvalue weighted by Gasteiger charge is 2.06. The molecule has 1 nitrogen and oxygen atoms in total. The van der Waals surface area contributed by atoms with Gasteiger partial charge in [0.2, 0.25) is 0 Å². The molecule has 1 aromatic carbocycles. The standard InChI is InChI=1S/C12H18BrN/c1-5-14(6-2)11-7-9(3)12(13)10(4)8-11/h7-8H,5-6H2,1-4H3. The lowest BCUT2D eigenvalue weighted by molar-refractivity contribution is 0.864. The van der Waals surface area contributed by atoms with Gasteiger partial charge in [0, 0.05) is 23.2 Å². The van der Waals surface area contributed by atoms with Gasteiger partial charge in [-0.3, -0.25) is 0 Å². The normalized spacial score (nSPS) is 10.4. The summed E-state index contributed by atoms with van der Waals surface area (Å²) >= 11 is 3.59. The molecule has 0 unspecified atom stereocenters. The molecule has 0 aliphatic rings. The molecular weight excluding hydrogens is 238 g/mol. The van der Waals surface area contributed by atoms with Gasteiger partial charge in [0.1, 0.15) is 0 Å². The molecule has 0 saturated carbocycles. The van der Waals surface area contributed by atoms with Gasteiger partial charge >= 0.3 is 0 Å². The van der Waals surface area contributed by atoms with Gasteiger partial charge in [-0.15, -0.1) is 0 Å². The third-order valence-corrected chi connectivity index (χ3v) is 3.80. The second-order valence-electron chi connectivity index (χ2n) is 3.57. The van der Waals surface area contributed by atoms with Crippen LogP contribution in [0.5, 0.6) is 0 Å². The fourth-order valence-corrected chi connectivity index (χ4v) is 1.92. The smallest absolute Gasteiger partial charge is 0.0372 e. The van der Waals surface area contributed by atoms with E-state index in [0.717, 1.165) is 13.1 Å². The Hall–Kier alpha value is -0.500. The number of aryl methyl sites for hydroxylation is 2. The van der Waals surface area contributed by atoms with Gasteiger partial charge in [0.15, 0.2) is 0 Å². The molecule has 78 valence electrons. The maximum absolute atomic E-state index is 3.59. The van der Waals surface area contributed by atoms with Crippen molar-refractivity contribution in [1.29, 1.82) is 0 Å². The van der Waals surface area contributed by atoms with Crippen LogP contribution in [0.15, 0.2) is 16.6 Å². The average molecular weight is 256 g/mol. The maximum Gasteiger partial charge on any atom is 0.0372 e. The largest absolute Gasteiger partial charge is 0.372 e. The Balaban J connectivity index is 3.11. The van der Waals surface area contributed by atoms with Crippen LogP contribution in [0.4, 0.5) is 5.69 Å². The molecule has 0 aliphatic heterocycles. The molecule has 14 heavy (non-hydrogen) atoms. The van der Waals surface area contributed by atoms with Crippen LogP contribution in [-0.2, 0) is 0 Å². The summed E-state index contributed by atoms with van der Waals surface area (Å²) in [5.41, 5.74) is 3.95. The first kappa shape index (κ1) is 11.6. The van der Waals surface area contributed by atoms with E-state index in [0.29, 0.717) is 0 Å². The van der Waals surface area contributed by atoms with Crippen molar-refractivity contribution in [2.75, 3.05) is 18.0 Å². The van der Waals surface area contributed by atoms with Crippen LogP contribution in [-0.4, -0.2) is 13.1 Å². The predicted octanol–water partition coefficient (Wildman–Crippen LogP) is 3.91. The second kappa shape index (κ2) is 4.83. The molecule has 0 amide bonds.